The van der Waals surface area contributed by atoms with Crippen LogP contribution in [0.15, 0.2) is 64.1 Å². The summed E-state index contributed by atoms with van der Waals surface area (Å²) in [5.74, 6) is -0.854. The van der Waals surface area contributed by atoms with E-state index in [1.54, 1.807) is 54.0 Å². The van der Waals surface area contributed by atoms with Crippen molar-refractivity contribution < 1.29 is 24.2 Å². The van der Waals surface area contributed by atoms with Crippen molar-refractivity contribution in [3.8, 4) is 11.5 Å². The largest absolute Gasteiger partial charge is 0.507 e. The Bertz CT molecular complexity index is 1180. The number of thiazole rings is 1. The second kappa shape index (κ2) is 8.52. The Hall–Kier alpha value is -3.17. The number of rotatable bonds is 5. The normalized spacial score (nSPS) is 17.8. The van der Waals surface area contributed by atoms with Crippen LogP contribution in [0.4, 0.5) is 5.13 Å². The molecule has 1 aromatic heterocycles. The van der Waals surface area contributed by atoms with Gasteiger partial charge in [-0.3, -0.25) is 14.5 Å². The molecule has 1 aliphatic rings. The van der Waals surface area contributed by atoms with Crippen LogP contribution in [-0.2, 0) is 9.59 Å². The molecule has 1 atom stereocenters. The molecule has 9 heteroatoms. The first-order valence-electron chi connectivity index (χ1n) is 9.14. The average Bonchev–Trinajstić information content (AvgIpc) is 3.40. The molecule has 4 rings (SSSR count). The van der Waals surface area contributed by atoms with Crippen molar-refractivity contribution in [3.63, 3.8) is 0 Å². The standard InChI is InChI=1S/C22H17BrN2O5S/c1-29-15-8-5-13(11-16(15)30-2)18-17(19(26)12-3-6-14(23)7-4-12)20(27)21(28)25(18)22-24-9-10-31-22/h3-11,18,26H,1-2H3/b19-17+/t18-/m0/s1. The van der Waals surface area contributed by atoms with Gasteiger partial charge in [0.05, 0.1) is 25.8 Å². The van der Waals surface area contributed by atoms with Crippen molar-refractivity contribution in [3.05, 3.63) is 75.2 Å². The molecular weight excluding hydrogens is 484 g/mol. The monoisotopic (exact) mass is 500 g/mol. The number of halogens is 1. The molecule has 0 aliphatic carbocycles. The van der Waals surface area contributed by atoms with Crippen LogP contribution in [0.2, 0.25) is 0 Å². The van der Waals surface area contributed by atoms with E-state index < -0.39 is 17.7 Å². The van der Waals surface area contributed by atoms with E-state index in [0.29, 0.717) is 27.8 Å². The van der Waals surface area contributed by atoms with Crippen LogP contribution >= 0.6 is 27.3 Å². The first-order valence-corrected chi connectivity index (χ1v) is 10.8. The Labute approximate surface area is 190 Å². The van der Waals surface area contributed by atoms with Crippen LogP contribution in [0, 0.1) is 0 Å². The van der Waals surface area contributed by atoms with E-state index >= 15 is 0 Å². The molecule has 0 saturated carbocycles. The van der Waals surface area contributed by atoms with E-state index in [4.69, 9.17) is 9.47 Å². The second-order valence-electron chi connectivity index (χ2n) is 6.61. The Kier molecular flexibility index (Phi) is 5.79. The molecule has 2 aromatic carbocycles. The molecule has 0 spiro atoms. The quantitative estimate of drug-likeness (QED) is 0.314. The fourth-order valence-electron chi connectivity index (χ4n) is 3.47. The minimum atomic E-state index is -0.880. The number of Topliss-reactive ketones (excluding diaryl/α,β-unsaturated/α-hetero) is 1. The maximum Gasteiger partial charge on any atom is 0.301 e. The molecule has 1 amide bonds. The SMILES string of the molecule is COc1ccc([C@H]2/C(=C(\O)c3ccc(Br)cc3)C(=O)C(=O)N2c2nccs2)cc1OC. The number of hydrogen-bond acceptors (Lipinski definition) is 7. The van der Waals surface area contributed by atoms with Gasteiger partial charge in [0.1, 0.15) is 5.76 Å². The summed E-state index contributed by atoms with van der Waals surface area (Å²) >= 11 is 4.58. The number of methoxy groups -OCH3 is 2. The molecule has 31 heavy (non-hydrogen) atoms. The number of aliphatic hydroxyl groups excluding tert-OH is 1. The van der Waals surface area contributed by atoms with Crippen molar-refractivity contribution >= 4 is 49.8 Å². The van der Waals surface area contributed by atoms with Crippen LogP contribution in [0.5, 0.6) is 11.5 Å². The fourth-order valence-corrected chi connectivity index (χ4v) is 4.40. The van der Waals surface area contributed by atoms with E-state index in [1.807, 2.05) is 0 Å². The van der Waals surface area contributed by atoms with E-state index in [0.717, 1.165) is 4.47 Å². The summed E-state index contributed by atoms with van der Waals surface area (Å²) in [7, 11) is 3.02. The van der Waals surface area contributed by atoms with E-state index in [1.165, 1.54) is 30.5 Å². The zero-order chi connectivity index (χ0) is 22.1. The third-order valence-corrected chi connectivity index (χ3v) is 6.21. The molecule has 1 N–H and O–H groups in total. The first kappa shape index (κ1) is 21.1. The average molecular weight is 501 g/mol. The zero-order valence-electron chi connectivity index (χ0n) is 16.5. The number of aliphatic hydroxyl groups is 1. The Morgan fingerprint density at radius 2 is 1.81 bits per heavy atom. The summed E-state index contributed by atoms with van der Waals surface area (Å²) in [6.07, 6.45) is 1.56. The topological polar surface area (TPSA) is 89.0 Å². The molecule has 7 nitrogen and oxygen atoms in total. The van der Waals surface area contributed by atoms with Crippen LogP contribution in [0.1, 0.15) is 17.2 Å². The maximum atomic E-state index is 13.1. The number of ether oxygens (including phenoxy) is 2. The lowest BCUT2D eigenvalue weighted by Gasteiger charge is -2.23. The van der Waals surface area contributed by atoms with Crippen LogP contribution in [0.3, 0.4) is 0 Å². The number of nitrogens with zero attached hydrogens (tertiary/aromatic N) is 2. The predicted molar refractivity (Wildman–Crippen MR) is 121 cm³/mol. The minimum absolute atomic E-state index is 0.0188. The van der Waals surface area contributed by atoms with Gasteiger partial charge >= 0.3 is 5.91 Å². The van der Waals surface area contributed by atoms with Crippen molar-refractivity contribution in [1.82, 2.24) is 4.98 Å². The summed E-state index contributed by atoms with van der Waals surface area (Å²) in [6, 6.07) is 11.1. The number of amides is 1. The molecule has 1 aliphatic heterocycles. The number of anilines is 1. The van der Waals surface area contributed by atoms with Crippen LogP contribution < -0.4 is 14.4 Å². The highest BCUT2D eigenvalue weighted by atomic mass is 79.9. The number of benzene rings is 2. The molecule has 1 fully saturated rings. The minimum Gasteiger partial charge on any atom is -0.507 e. The Morgan fingerprint density at radius 1 is 1.10 bits per heavy atom. The molecule has 2 heterocycles. The third kappa shape index (κ3) is 3.70. The first-order chi connectivity index (χ1) is 15.0. The van der Waals surface area contributed by atoms with Crippen molar-refractivity contribution in [1.29, 1.82) is 0 Å². The second-order valence-corrected chi connectivity index (χ2v) is 8.39. The van der Waals surface area contributed by atoms with Gasteiger partial charge in [-0.15, -0.1) is 11.3 Å². The molecule has 158 valence electrons. The van der Waals surface area contributed by atoms with E-state index in [2.05, 4.69) is 20.9 Å². The van der Waals surface area contributed by atoms with Crippen molar-refractivity contribution in [2.75, 3.05) is 19.1 Å². The molecule has 0 unspecified atom stereocenters. The smallest absolute Gasteiger partial charge is 0.301 e. The molecular formula is C22H17BrN2O5S. The van der Waals surface area contributed by atoms with Crippen LogP contribution in [0.25, 0.3) is 5.76 Å². The summed E-state index contributed by atoms with van der Waals surface area (Å²) in [6.45, 7) is 0. The van der Waals surface area contributed by atoms with E-state index in [-0.39, 0.29) is 11.3 Å². The molecule has 0 radical (unpaired) electrons. The lowest BCUT2D eigenvalue weighted by molar-refractivity contribution is -0.132. The Balaban J connectivity index is 1.94. The molecule has 0 bridgehead atoms. The van der Waals surface area contributed by atoms with Gasteiger partial charge in [-0.1, -0.05) is 34.1 Å². The highest BCUT2D eigenvalue weighted by Crippen LogP contribution is 2.44. The number of carbonyl (C=O) groups is 2. The highest BCUT2D eigenvalue weighted by molar-refractivity contribution is 9.10. The lowest BCUT2D eigenvalue weighted by Crippen LogP contribution is -2.29. The van der Waals surface area contributed by atoms with Crippen molar-refractivity contribution in [2.24, 2.45) is 0 Å². The number of carbonyl (C=O) groups excluding carboxylic acids is 2. The predicted octanol–water partition coefficient (Wildman–Crippen LogP) is 4.55. The van der Waals surface area contributed by atoms with Crippen LogP contribution in [-0.4, -0.2) is 36.0 Å². The highest BCUT2D eigenvalue weighted by Gasteiger charge is 2.48. The zero-order valence-corrected chi connectivity index (χ0v) is 18.9. The third-order valence-electron chi connectivity index (χ3n) is 4.91. The summed E-state index contributed by atoms with van der Waals surface area (Å²) in [5, 5.41) is 13.1. The summed E-state index contributed by atoms with van der Waals surface area (Å²) in [5.41, 5.74) is 0.978. The van der Waals surface area contributed by atoms with Gasteiger partial charge in [0.2, 0.25) is 0 Å². The van der Waals surface area contributed by atoms with Crippen molar-refractivity contribution in [2.45, 2.75) is 6.04 Å². The summed E-state index contributed by atoms with van der Waals surface area (Å²) < 4.78 is 11.5. The summed E-state index contributed by atoms with van der Waals surface area (Å²) in [4.78, 5) is 31.6. The number of hydrogen-bond donors (Lipinski definition) is 1. The van der Waals surface area contributed by atoms with Gasteiger partial charge in [-0.05, 0) is 29.8 Å². The molecule has 3 aromatic rings. The van der Waals surface area contributed by atoms with Gasteiger partial charge in [-0.25, -0.2) is 4.98 Å². The van der Waals surface area contributed by atoms with Gasteiger partial charge < -0.3 is 14.6 Å². The number of ketones is 1. The Morgan fingerprint density at radius 3 is 2.42 bits per heavy atom. The lowest BCUT2D eigenvalue weighted by atomic mass is 9.95. The fraction of sp³-hybridized carbons (Fsp3) is 0.136. The maximum absolute atomic E-state index is 13.1. The van der Waals surface area contributed by atoms with Gasteiger partial charge in [0.15, 0.2) is 16.6 Å². The molecule has 1 saturated heterocycles. The van der Waals surface area contributed by atoms with Gasteiger partial charge in [-0.2, -0.15) is 0 Å². The van der Waals surface area contributed by atoms with Gasteiger partial charge in [0.25, 0.3) is 5.78 Å². The van der Waals surface area contributed by atoms with E-state index in [9.17, 15) is 14.7 Å². The van der Waals surface area contributed by atoms with Gasteiger partial charge in [0, 0.05) is 21.6 Å². The number of aromatic nitrogens is 1.